The lowest BCUT2D eigenvalue weighted by Crippen LogP contribution is -2.40. The van der Waals surface area contributed by atoms with Crippen LogP contribution in [0.3, 0.4) is 0 Å². The molecule has 0 radical (unpaired) electrons. The number of anilines is 1. The molecule has 110 valence electrons. The van der Waals surface area contributed by atoms with Gasteiger partial charge >= 0.3 is 0 Å². The van der Waals surface area contributed by atoms with Gasteiger partial charge in [0.1, 0.15) is 5.75 Å². The Balaban J connectivity index is 2.04. The fraction of sp³-hybridized carbons (Fsp3) is 0.533. The summed E-state index contributed by atoms with van der Waals surface area (Å²) in [6.07, 6.45) is 1.38. The molecule has 1 aromatic carbocycles. The van der Waals surface area contributed by atoms with Crippen LogP contribution in [0.5, 0.6) is 5.75 Å². The van der Waals surface area contributed by atoms with E-state index in [1.165, 1.54) is 0 Å². The number of carbonyl (C=O) groups is 1. The normalized spacial score (nSPS) is 17.9. The van der Waals surface area contributed by atoms with E-state index in [-0.39, 0.29) is 12.0 Å². The molecule has 0 saturated carbocycles. The number of nitrogens with two attached hydrogens (primary N) is 1. The quantitative estimate of drug-likeness (QED) is 0.822. The maximum absolute atomic E-state index is 12.4. The topological polar surface area (TPSA) is 75.8 Å². The van der Waals surface area contributed by atoms with Gasteiger partial charge in [-0.05, 0) is 43.9 Å². The molecule has 1 heterocycles. The lowest BCUT2D eigenvalue weighted by atomic mass is 9.92. The monoisotopic (exact) mass is 278 g/mol. The minimum absolute atomic E-state index is 0.0107. The highest BCUT2D eigenvalue weighted by Crippen LogP contribution is 2.25. The number of hydrogen-bond donors (Lipinski definition) is 2. The van der Waals surface area contributed by atoms with E-state index in [2.05, 4.69) is 0 Å². The molecule has 20 heavy (non-hydrogen) atoms. The summed E-state index contributed by atoms with van der Waals surface area (Å²) in [4.78, 5) is 14.2. The number of benzene rings is 1. The maximum Gasteiger partial charge on any atom is 0.253 e. The van der Waals surface area contributed by atoms with Crippen LogP contribution in [0.2, 0.25) is 0 Å². The number of nitrogens with zero attached hydrogens (tertiary/aromatic N) is 1. The van der Waals surface area contributed by atoms with Crippen LogP contribution < -0.4 is 10.5 Å². The summed E-state index contributed by atoms with van der Waals surface area (Å²) in [6.45, 7) is 3.17. The van der Waals surface area contributed by atoms with Crippen molar-refractivity contribution in [1.82, 2.24) is 4.90 Å². The molecule has 1 aromatic rings. The first-order valence-corrected chi connectivity index (χ1v) is 6.93. The molecule has 1 amide bonds. The van der Waals surface area contributed by atoms with E-state index < -0.39 is 0 Å². The van der Waals surface area contributed by atoms with E-state index in [9.17, 15) is 9.90 Å². The molecule has 1 fully saturated rings. The number of amides is 1. The van der Waals surface area contributed by atoms with E-state index in [4.69, 9.17) is 10.5 Å². The minimum Gasteiger partial charge on any atom is -0.495 e. The van der Waals surface area contributed by atoms with Crippen molar-refractivity contribution in [1.29, 1.82) is 0 Å². The highest BCUT2D eigenvalue weighted by atomic mass is 16.5. The van der Waals surface area contributed by atoms with Crippen molar-refractivity contribution in [3.63, 3.8) is 0 Å². The summed E-state index contributed by atoms with van der Waals surface area (Å²) in [5.41, 5.74) is 6.88. The number of nitrogen functional groups attached to an aromatic ring is 1. The summed E-state index contributed by atoms with van der Waals surface area (Å²) in [7, 11) is 1.55. The van der Waals surface area contributed by atoms with Gasteiger partial charge in [0.05, 0.1) is 18.9 Å². The molecule has 5 heteroatoms. The second-order valence-electron chi connectivity index (χ2n) is 5.33. The standard InChI is InChI=1S/C15H22N2O3/c1-10(18)11-5-7-17(8-6-11)15(19)12-3-4-14(20-2)13(16)9-12/h3-4,9-11,18H,5-8,16H2,1-2H3. The van der Waals surface area contributed by atoms with Crippen LogP contribution >= 0.6 is 0 Å². The van der Waals surface area contributed by atoms with Gasteiger partial charge in [0.2, 0.25) is 0 Å². The first kappa shape index (κ1) is 14.7. The number of hydrogen-bond acceptors (Lipinski definition) is 4. The summed E-state index contributed by atoms with van der Waals surface area (Å²) in [5.74, 6) is 0.859. The Kier molecular flexibility index (Phi) is 4.49. The van der Waals surface area contributed by atoms with Crippen LogP contribution in [0.25, 0.3) is 0 Å². The summed E-state index contributed by atoms with van der Waals surface area (Å²) in [5, 5.41) is 9.58. The van der Waals surface area contributed by atoms with Gasteiger partial charge < -0.3 is 20.5 Å². The molecular formula is C15H22N2O3. The van der Waals surface area contributed by atoms with Gasteiger partial charge in [-0.3, -0.25) is 4.79 Å². The third-order valence-electron chi connectivity index (χ3n) is 3.99. The van der Waals surface area contributed by atoms with Crippen LogP contribution in [-0.4, -0.2) is 42.2 Å². The Morgan fingerprint density at radius 3 is 2.60 bits per heavy atom. The smallest absolute Gasteiger partial charge is 0.253 e. The third-order valence-corrected chi connectivity index (χ3v) is 3.99. The van der Waals surface area contributed by atoms with Crippen LogP contribution in [0, 0.1) is 5.92 Å². The highest BCUT2D eigenvalue weighted by Gasteiger charge is 2.26. The fourth-order valence-electron chi connectivity index (χ4n) is 2.63. The van der Waals surface area contributed by atoms with Gasteiger partial charge in [0, 0.05) is 18.7 Å². The number of methoxy groups -OCH3 is 1. The molecule has 1 aliphatic heterocycles. The summed E-state index contributed by atoms with van der Waals surface area (Å²) >= 11 is 0. The number of ether oxygens (including phenoxy) is 1. The molecule has 1 unspecified atom stereocenters. The van der Waals surface area contributed by atoms with Crippen molar-refractivity contribution in [2.24, 2.45) is 5.92 Å². The van der Waals surface area contributed by atoms with Gasteiger partial charge in [-0.2, -0.15) is 0 Å². The number of carbonyl (C=O) groups excluding carboxylic acids is 1. The lowest BCUT2D eigenvalue weighted by molar-refractivity contribution is 0.0521. The average molecular weight is 278 g/mol. The second kappa shape index (κ2) is 6.13. The number of piperidine rings is 1. The molecule has 0 bridgehead atoms. The van der Waals surface area contributed by atoms with E-state index in [0.717, 1.165) is 12.8 Å². The first-order chi connectivity index (χ1) is 9.52. The van der Waals surface area contributed by atoms with Crippen molar-refractivity contribution in [3.8, 4) is 5.75 Å². The van der Waals surface area contributed by atoms with Crippen LogP contribution in [-0.2, 0) is 0 Å². The Labute approximate surface area is 119 Å². The molecule has 3 N–H and O–H groups in total. The predicted molar refractivity (Wildman–Crippen MR) is 77.7 cm³/mol. The van der Waals surface area contributed by atoms with E-state index in [0.29, 0.717) is 36.0 Å². The van der Waals surface area contributed by atoms with Gasteiger partial charge in [-0.1, -0.05) is 0 Å². The zero-order valence-corrected chi connectivity index (χ0v) is 12.0. The molecule has 0 spiro atoms. The van der Waals surface area contributed by atoms with Crippen molar-refractivity contribution in [3.05, 3.63) is 23.8 Å². The summed E-state index contributed by atoms with van der Waals surface area (Å²) < 4.78 is 5.09. The van der Waals surface area contributed by atoms with E-state index >= 15 is 0 Å². The van der Waals surface area contributed by atoms with Crippen LogP contribution in [0.1, 0.15) is 30.1 Å². The largest absolute Gasteiger partial charge is 0.495 e. The average Bonchev–Trinajstić information content (AvgIpc) is 2.46. The molecule has 1 saturated heterocycles. The Morgan fingerprint density at radius 1 is 1.45 bits per heavy atom. The van der Waals surface area contributed by atoms with Crippen molar-refractivity contribution in [2.75, 3.05) is 25.9 Å². The Bertz CT molecular complexity index is 480. The zero-order chi connectivity index (χ0) is 14.7. The molecule has 1 aliphatic rings. The number of aliphatic hydroxyl groups excluding tert-OH is 1. The third kappa shape index (κ3) is 3.04. The fourth-order valence-corrected chi connectivity index (χ4v) is 2.63. The van der Waals surface area contributed by atoms with Crippen molar-refractivity contribution >= 4 is 11.6 Å². The molecule has 0 aromatic heterocycles. The van der Waals surface area contributed by atoms with E-state index in [1.54, 1.807) is 25.3 Å². The molecule has 1 atom stereocenters. The molecule has 0 aliphatic carbocycles. The predicted octanol–water partition coefficient (Wildman–Crippen LogP) is 1.51. The number of aliphatic hydroxyl groups is 1. The van der Waals surface area contributed by atoms with Gasteiger partial charge in [0.15, 0.2) is 0 Å². The number of likely N-dealkylation sites (tertiary alicyclic amines) is 1. The SMILES string of the molecule is COc1ccc(C(=O)N2CCC(C(C)O)CC2)cc1N. The molecular weight excluding hydrogens is 256 g/mol. The van der Waals surface area contributed by atoms with E-state index in [1.807, 2.05) is 11.8 Å². The Morgan fingerprint density at radius 2 is 2.10 bits per heavy atom. The van der Waals surface area contributed by atoms with Crippen molar-refractivity contribution < 1.29 is 14.6 Å². The van der Waals surface area contributed by atoms with Crippen LogP contribution in [0.15, 0.2) is 18.2 Å². The van der Waals surface area contributed by atoms with Crippen molar-refractivity contribution in [2.45, 2.75) is 25.9 Å². The zero-order valence-electron chi connectivity index (χ0n) is 12.0. The van der Waals surface area contributed by atoms with Gasteiger partial charge in [-0.25, -0.2) is 0 Å². The maximum atomic E-state index is 12.4. The Hall–Kier alpha value is -1.75. The van der Waals surface area contributed by atoms with Crippen LogP contribution in [0.4, 0.5) is 5.69 Å². The number of rotatable bonds is 3. The highest BCUT2D eigenvalue weighted by molar-refractivity contribution is 5.95. The minimum atomic E-state index is -0.302. The molecule has 2 rings (SSSR count). The lowest BCUT2D eigenvalue weighted by Gasteiger charge is -2.33. The summed E-state index contributed by atoms with van der Waals surface area (Å²) in [6, 6.07) is 5.10. The van der Waals surface area contributed by atoms with Gasteiger partial charge in [0.25, 0.3) is 5.91 Å². The second-order valence-corrected chi connectivity index (χ2v) is 5.33. The van der Waals surface area contributed by atoms with Gasteiger partial charge in [-0.15, -0.1) is 0 Å². The first-order valence-electron chi connectivity index (χ1n) is 6.93. The molecule has 5 nitrogen and oxygen atoms in total.